The molecule has 3 aromatic rings. The first-order valence-electron chi connectivity index (χ1n) is 6.24. The van der Waals surface area contributed by atoms with Gasteiger partial charge in [-0.2, -0.15) is 5.10 Å². The Kier molecular flexibility index (Phi) is 2.85. The van der Waals surface area contributed by atoms with Gasteiger partial charge in [0.1, 0.15) is 5.82 Å². The second kappa shape index (κ2) is 4.56. The Morgan fingerprint density at radius 1 is 1.15 bits per heavy atom. The highest BCUT2D eigenvalue weighted by Gasteiger charge is 2.13. The van der Waals surface area contributed by atoms with Gasteiger partial charge in [0.15, 0.2) is 11.5 Å². The van der Waals surface area contributed by atoms with Gasteiger partial charge in [-0.05, 0) is 6.92 Å². The van der Waals surface area contributed by atoms with Gasteiger partial charge in [0.05, 0.1) is 36.5 Å². The molecule has 0 aliphatic rings. The summed E-state index contributed by atoms with van der Waals surface area (Å²) in [4.78, 5) is 7.89. The van der Waals surface area contributed by atoms with Crippen LogP contribution in [0.3, 0.4) is 0 Å². The lowest BCUT2D eigenvalue weighted by molar-refractivity contribution is 0.356. The highest BCUT2D eigenvalue weighted by molar-refractivity contribution is 5.83. The molecule has 0 aliphatic heterocycles. The van der Waals surface area contributed by atoms with Crippen molar-refractivity contribution in [3.63, 3.8) is 0 Å². The van der Waals surface area contributed by atoms with Crippen molar-refractivity contribution in [2.75, 3.05) is 14.2 Å². The van der Waals surface area contributed by atoms with E-state index in [2.05, 4.69) is 15.1 Å². The molecule has 0 atom stereocenters. The molecule has 3 rings (SSSR count). The number of aryl methyl sites for hydroxylation is 2. The van der Waals surface area contributed by atoms with Crippen LogP contribution in [0.15, 0.2) is 18.3 Å². The van der Waals surface area contributed by atoms with Crippen molar-refractivity contribution >= 4 is 11.0 Å². The van der Waals surface area contributed by atoms with Crippen LogP contribution in [-0.2, 0) is 7.05 Å². The molecule has 1 N–H and O–H groups in total. The molecule has 0 aliphatic carbocycles. The average Bonchev–Trinajstić information content (AvgIpc) is 2.99. The molecule has 0 amide bonds. The summed E-state index contributed by atoms with van der Waals surface area (Å²) in [6, 6.07) is 3.75. The third-order valence-electron chi connectivity index (χ3n) is 3.26. The largest absolute Gasteiger partial charge is 0.493 e. The van der Waals surface area contributed by atoms with E-state index in [0.29, 0.717) is 11.5 Å². The van der Waals surface area contributed by atoms with Crippen LogP contribution in [0.4, 0.5) is 0 Å². The Bertz CT molecular complexity index is 732. The molecule has 0 fully saturated rings. The van der Waals surface area contributed by atoms with Gasteiger partial charge in [0.2, 0.25) is 0 Å². The smallest absolute Gasteiger partial charge is 0.163 e. The third-order valence-corrected chi connectivity index (χ3v) is 3.26. The number of H-pyrrole nitrogens is 1. The number of imidazole rings is 1. The average molecular weight is 272 g/mol. The number of aromatic amines is 1. The Morgan fingerprint density at radius 3 is 2.45 bits per heavy atom. The molecule has 2 heterocycles. The van der Waals surface area contributed by atoms with Crippen LogP contribution in [0, 0.1) is 6.92 Å². The molecule has 0 bridgehead atoms. The standard InChI is InChI=1S/C14H16N4O2/c1-8-9(7-18(2)17-8)14-15-10-5-12(19-3)13(20-4)6-11(10)16-14/h5-7H,1-4H3,(H,15,16). The lowest BCUT2D eigenvalue weighted by atomic mass is 10.2. The maximum Gasteiger partial charge on any atom is 0.163 e. The summed E-state index contributed by atoms with van der Waals surface area (Å²) in [6.45, 7) is 1.96. The summed E-state index contributed by atoms with van der Waals surface area (Å²) in [5.74, 6) is 2.14. The van der Waals surface area contributed by atoms with Gasteiger partial charge < -0.3 is 14.5 Å². The van der Waals surface area contributed by atoms with Crippen LogP contribution in [0.5, 0.6) is 11.5 Å². The fraction of sp³-hybridized carbons (Fsp3) is 0.286. The van der Waals surface area contributed by atoms with Crippen molar-refractivity contribution in [1.29, 1.82) is 0 Å². The molecular formula is C14H16N4O2. The third kappa shape index (κ3) is 1.89. The number of hydrogen-bond acceptors (Lipinski definition) is 4. The minimum Gasteiger partial charge on any atom is -0.493 e. The lowest BCUT2D eigenvalue weighted by Gasteiger charge is -2.06. The van der Waals surface area contributed by atoms with E-state index in [1.807, 2.05) is 32.3 Å². The summed E-state index contributed by atoms with van der Waals surface area (Å²) >= 11 is 0. The topological polar surface area (TPSA) is 65.0 Å². The molecule has 104 valence electrons. The van der Waals surface area contributed by atoms with Crippen molar-refractivity contribution in [2.45, 2.75) is 6.92 Å². The van der Waals surface area contributed by atoms with Gasteiger partial charge in [-0.25, -0.2) is 4.98 Å². The minimum atomic E-state index is 0.668. The quantitative estimate of drug-likeness (QED) is 0.794. The predicted molar refractivity (Wildman–Crippen MR) is 76.1 cm³/mol. The Labute approximate surface area is 116 Å². The van der Waals surface area contributed by atoms with Crippen molar-refractivity contribution in [2.24, 2.45) is 7.05 Å². The van der Waals surface area contributed by atoms with Crippen LogP contribution in [0.1, 0.15) is 5.69 Å². The Hall–Kier alpha value is -2.50. The van der Waals surface area contributed by atoms with Gasteiger partial charge in [-0.1, -0.05) is 0 Å². The van der Waals surface area contributed by atoms with Crippen LogP contribution in [0.2, 0.25) is 0 Å². The fourth-order valence-electron chi connectivity index (χ4n) is 2.30. The second-order valence-electron chi connectivity index (χ2n) is 4.61. The summed E-state index contributed by atoms with van der Waals surface area (Å²) in [5, 5.41) is 4.33. The molecule has 6 heteroatoms. The van der Waals surface area contributed by atoms with Gasteiger partial charge in [-0.3, -0.25) is 4.68 Å². The number of fused-ring (bicyclic) bond motifs is 1. The van der Waals surface area contributed by atoms with E-state index < -0.39 is 0 Å². The fourth-order valence-corrected chi connectivity index (χ4v) is 2.30. The van der Waals surface area contributed by atoms with E-state index in [4.69, 9.17) is 9.47 Å². The van der Waals surface area contributed by atoms with Gasteiger partial charge >= 0.3 is 0 Å². The molecule has 0 saturated heterocycles. The summed E-state index contributed by atoms with van der Waals surface area (Å²) in [6.07, 6.45) is 1.95. The van der Waals surface area contributed by atoms with Crippen molar-refractivity contribution < 1.29 is 9.47 Å². The van der Waals surface area contributed by atoms with E-state index in [9.17, 15) is 0 Å². The highest BCUT2D eigenvalue weighted by Crippen LogP contribution is 2.32. The normalized spacial score (nSPS) is 11.0. The molecule has 1 aromatic carbocycles. The first-order chi connectivity index (χ1) is 9.62. The molecule has 0 saturated carbocycles. The van der Waals surface area contributed by atoms with E-state index in [-0.39, 0.29) is 0 Å². The molecule has 20 heavy (non-hydrogen) atoms. The monoisotopic (exact) mass is 272 g/mol. The summed E-state index contributed by atoms with van der Waals surface area (Å²) in [7, 11) is 5.12. The van der Waals surface area contributed by atoms with E-state index >= 15 is 0 Å². The van der Waals surface area contributed by atoms with Crippen molar-refractivity contribution in [3.05, 3.63) is 24.0 Å². The maximum absolute atomic E-state index is 5.30. The second-order valence-corrected chi connectivity index (χ2v) is 4.61. The van der Waals surface area contributed by atoms with Gasteiger partial charge in [0.25, 0.3) is 0 Å². The number of ether oxygens (including phenoxy) is 2. The lowest BCUT2D eigenvalue weighted by Crippen LogP contribution is -1.89. The zero-order valence-electron chi connectivity index (χ0n) is 11.9. The van der Waals surface area contributed by atoms with Crippen LogP contribution < -0.4 is 9.47 Å². The maximum atomic E-state index is 5.30. The SMILES string of the molecule is COc1cc2nc(-c3cn(C)nc3C)[nH]c2cc1OC. The van der Waals surface area contributed by atoms with Crippen LogP contribution >= 0.6 is 0 Å². The molecule has 0 spiro atoms. The zero-order valence-corrected chi connectivity index (χ0v) is 11.9. The van der Waals surface area contributed by atoms with E-state index in [0.717, 1.165) is 28.1 Å². The number of nitrogens with one attached hydrogen (secondary N) is 1. The molecule has 6 nitrogen and oxygen atoms in total. The number of nitrogens with zero attached hydrogens (tertiary/aromatic N) is 3. The first-order valence-corrected chi connectivity index (χ1v) is 6.24. The molecular weight excluding hydrogens is 256 g/mol. The minimum absolute atomic E-state index is 0.668. The molecule has 0 radical (unpaired) electrons. The molecule has 2 aromatic heterocycles. The Balaban J connectivity index is 2.17. The number of aromatic nitrogens is 4. The zero-order chi connectivity index (χ0) is 14.3. The van der Waals surface area contributed by atoms with Gasteiger partial charge in [-0.15, -0.1) is 0 Å². The van der Waals surface area contributed by atoms with Crippen molar-refractivity contribution in [3.8, 4) is 22.9 Å². The number of benzene rings is 1. The van der Waals surface area contributed by atoms with Gasteiger partial charge in [0, 0.05) is 25.4 Å². The van der Waals surface area contributed by atoms with Crippen LogP contribution in [-0.4, -0.2) is 34.0 Å². The number of hydrogen-bond donors (Lipinski definition) is 1. The predicted octanol–water partition coefficient (Wildman–Crippen LogP) is 2.29. The molecule has 0 unspecified atom stereocenters. The highest BCUT2D eigenvalue weighted by atomic mass is 16.5. The summed E-state index contributed by atoms with van der Waals surface area (Å²) in [5.41, 5.74) is 3.66. The Morgan fingerprint density at radius 2 is 1.85 bits per heavy atom. The number of rotatable bonds is 3. The summed E-state index contributed by atoms with van der Waals surface area (Å²) < 4.78 is 12.4. The first kappa shape index (κ1) is 12.5. The van der Waals surface area contributed by atoms with Crippen LogP contribution in [0.25, 0.3) is 22.4 Å². The van der Waals surface area contributed by atoms with E-state index in [1.165, 1.54) is 0 Å². The number of methoxy groups -OCH3 is 2. The van der Waals surface area contributed by atoms with Crippen molar-refractivity contribution in [1.82, 2.24) is 19.7 Å². The van der Waals surface area contributed by atoms with E-state index in [1.54, 1.807) is 18.9 Å².